The summed E-state index contributed by atoms with van der Waals surface area (Å²) in [7, 11) is -1.89. The maximum atomic E-state index is 10.6. The van der Waals surface area contributed by atoms with E-state index in [2.05, 4.69) is 39.9 Å². The van der Waals surface area contributed by atoms with Crippen LogP contribution in [0.4, 0.5) is 0 Å². The highest BCUT2D eigenvalue weighted by Crippen LogP contribution is 2.56. The minimum Gasteiger partial charge on any atom is -0.543 e. The second kappa shape index (κ2) is 5.98. The Bertz CT molecular complexity index is 521. The minimum absolute atomic E-state index is 0.136. The second-order valence-corrected chi connectivity index (χ2v) is 12.8. The van der Waals surface area contributed by atoms with E-state index in [4.69, 9.17) is 9.53 Å². The Hall–Kier alpha value is -0.843. The lowest BCUT2D eigenvalue weighted by molar-refractivity contribution is 0.120. The minimum atomic E-state index is -1.89. The largest absolute Gasteiger partial charge is 0.543 e. The standard InChI is InChI=1S/C18H30O3Si/c1-17(2,3)22(4,5)21-16-10-7-6-9-14(16)15-13-18(15,20)11-8-12-19/h6-7,9-10,15,19-20H,8,11-13H2,1-5H3. The van der Waals surface area contributed by atoms with Crippen molar-refractivity contribution in [3.63, 3.8) is 0 Å². The highest BCUT2D eigenvalue weighted by Gasteiger charge is 2.54. The van der Waals surface area contributed by atoms with E-state index in [1.807, 2.05) is 18.2 Å². The summed E-state index contributed by atoms with van der Waals surface area (Å²) in [5.41, 5.74) is 0.461. The first kappa shape index (κ1) is 17.5. The topological polar surface area (TPSA) is 49.7 Å². The van der Waals surface area contributed by atoms with E-state index in [1.165, 1.54) is 0 Å². The fourth-order valence-corrected chi connectivity index (χ4v) is 3.69. The van der Waals surface area contributed by atoms with Crippen LogP contribution >= 0.6 is 0 Å². The zero-order valence-electron chi connectivity index (χ0n) is 14.5. The Kier molecular flexibility index (Phi) is 4.76. The highest BCUT2D eigenvalue weighted by molar-refractivity contribution is 6.74. The molecule has 4 heteroatoms. The number of benzene rings is 1. The van der Waals surface area contributed by atoms with Crippen molar-refractivity contribution < 1.29 is 14.6 Å². The Morgan fingerprint density at radius 1 is 1.27 bits per heavy atom. The maximum Gasteiger partial charge on any atom is 0.250 e. The molecular formula is C18H30O3Si. The maximum absolute atomic E-state index is 10.6. The fourth-order valence-electron chi connectivity index (χ4n) is 2.64. The van der Waals surface area contributed by atoms with Crippen LogP contribution in [0, 0.1) is 0 Å². The summed E-state index contributed by atoms with van der Waals surface area (Å²) < 4.78 is 6.47. The molecule has 0 heterocycles. The Labute approximate surface area is 135 Å². The smallest absolute Gasteiger partial charge is 0.250 e. The van der Waals surface area contributed by atoms with E-state index in [0.717, 1.165) is 17.7 Å². The van der Waals surface area contributed by atoms with Crippen LogP contribution in [0.15, 0.2) is 24.3 Å². The predicted octanol–water partition coefficient (Wildman–Crippen LogP) is 4.06. The molecule has 2 unspecified atom stereocenters. The third-order valence-corrected chi connectivity index (χ3v) is 9.62. The van der Waals surface area contributed by atoms with Gasteiger partial charge in [0.05, 0.1) is 5.60 Å². The molecule has 0 bridgehead atoms. The zero-order valence-corrected chi connectivity index (χ0v) is 15.5. The highest BCUT2D eigenvalue weighted by atomic mass is 28.4. The van der Waals surface area contributed by atoms with Crippen molar-refractivity contribution in [3.05, 3.63) is 29.8 Å². The van der Waals surface area contributed by atoms with Gasteiger partial charge in [0, 0.05) is 12.5 Å². The first-order chi connectivity index (χ1) is 10.1. The van der Waals surface area contributed by atoms with E-state index < -0.39 is 13.9 Å². The van der Waals surface area contributed by atoms with Crippen molar-refractivity contribution in [2.45, 2.75) is 69.7 Å². The number of para-hydroxylation sites is 1. The summed E-state index contributed by atoms with van der Waals surface area (Å²) in [6.07, 6.45) is 2.08. The molecule has 0 spiro atoms. The molecule has 0 saturated heterocycles. The van der Waals surface area contributed by atoms with Crippen molar-refractivity contribution in [2.24, 2.45) is 0 Å². The normalized spacial score (nSPS) is 25.1. The van der Waals surface area contributed by atoms with Gasteiger partial charge in [0.1, 0.15) is 5.75 Å². The number of hydrogen-bond donors (Lipinski definition) is 2. The molecule has 2 rings (SSSR count). The van der Waals surface area contributed by atoms with Gasteiger partial charge in [0.15, 0.2) is 0 Å². The van der Waals surface area contributed by atoms with Crippen LogP contribution in [-0.2, 0) is 0 Å². The van der Waals surface area contributed by atoms with Crippen molar-refractivity contribution in [2.75, 3.05) is 6.61 Å². The fraction of sp³-hybridized carbons (Fsp3) is 0.667. The third-order valence-electron chi connectivity index (χ3n) is 5.28. The van der Waals surface area contributed by atoms with Gasteiger partial charge in [-0.15, -0.1) is 0 Å². The molecule has 0 aromatic heterocycles. The van der Waals surface area contributed by atoms with Crippen LogP contribution in [-0.4, -0.2) is 30.7 Å². The van der Waals surface area contributed by atoms with Gasteiger partial charge in [-0.25, -0.2) is 0 Å². The summed E-state index contributed by atoms with van der Waals surface area (Å²) in [6, 6.07) is 8.12. The first-order valence-electron chi connectivity index (χ1n) is 8.22. The molecule has 1 aliphatic carbocycles. The lowest BCUT2D eigenvalue weighted by atomic mass is 10.0. The van der Waals surface area contributed by atoms with E-state index in [1.54, 1.807) is 0 Å². The molecule has 3 nitrogen and oxygen atoms in total. The lowest BCUT2D eigenvalue weighted by Crippen LogP contribution is -2.44. The van der Waals surface area contributed by atoms with Crippen molar-refractivity contribution in [3.8, 4) is 5.75 Å². The summed E-state index contributed by atoms with van der Waals surface area (Å²) in [4.78, 5) is 0. The van der Waals surface area contributed by atoms with Crippen LogP contribution in [0.1, 0.15) is 51.5 Å². The van der Waals surface area contributed by atoms with Gasteiger partial charge < -0.3 is 14.6 Å². The molecule has 1 fully saturated rings. The molecule has 1 saturated carbocycles. The first-order valence-corrected chi connectivity index (χ1v) is 11.1. The summed E-state index contributed by atoms with van der Waals surface area (Å²) >= 11 is 0. The average Bonchev–Trinajstić information content (AvgIpc) is 3.08. The molecule has 0 amide bonds. The van der Waals surface area contributed by atoms with Gasteiger partial charge >= 0.3 is 0 Å². The molecule has 1 aromatic rings. The van der Waals surface area contributed by atoms with E-state index >= 15 is 0 Å². The molecule has 22 heavy (non-hydrogen) atoms. The molecule has 0 aliphatic heterocycles. The molecule has 0 radical (unpaired) electrons. The second-order valence-electron chi connectivity index (χ2n) is 8.09. The summed E-state index contributed by atoms with van der Waals surface area (Å²) in [5.74, 6) is 1.07. The van der Waals surface area contributed by atoms with E-state index in [0.29, 0.717) is 12.8 Å². The summed E-state index contributed by atoms with van der Waals surface area (Å²) in [6.45, 7) is 11.3. The van der Waals surface area contributed by atoms with Crippen LogP contribution in [0.5, 0.6) is 5.75 Å². The Balaban J connectivity index is 2.19. The molecule has 1 aromatic carbocycles. The Morgan fingerprint density at radius 2 is 1.91 bits per heavy atom. The van der Waals surface area contributed by atoms with Gasteiger partial charge in [-0.05, 0) is 49.0 Å². The number of hydrogen-bond acceptors (Lipinski definition) is 3. The molecule has 2 N–H and O–H groups in total. The average molecular weight is 323 g/mol. The van der Waals surface area contributed by atoms with Crippen molar-refractivity contribution in [1.82, 2.24) is 0 Å². The van der Waals surface area contributed by atoms with Gasteiger partial charge in [0.2, 0.25) is 8.32 Å². The molecule has 124 valence electrons. The van der Waals surface area contributed by atoms with Crippen molar-refractivity contribution >= 4 is 8.32 Å². The zero-order chi connectivity index (χ0) is 16.6. The van der Waals surface area contributed by atoms with Crippen LogP contribution in [0.2, 0.25) is 18.1 Å². The number of aliphatic hydroxyl groups is 2. The van der Waals surface area contributed by atoms with Crippen LogP contribution in [0.25, 0.3) is 0 Å². The van der Waals surface area contributed by atoms with Crippen LogP contribution < -0.4 is 4.43 Å². The third kappa shape index (κ3) is 3.55. The van der Waals surface area contributed by atoms with Crippen molar-refractivity contribution in [1.29, 1.82) is 0 Å². The SMILES string of the molecule is CC(C)(C)[Si](C)(C)Oc1ccccc1C1CC1(O)CCCO. The molecule has 1 aliphatic rings. The molecular weight excluding hydrogens is 292 g/mol. The van der Waals surface area contributed by atoms with Gasteiger partial charge in [0.25, 0.3) is 0 Å². The number of rotatable bonds is 6. The molecule has 2 atom stereocenters. The predicted molar refractivity (Wildman–Crippen MR) is 92.9 cm³/mol. The van der Waals surface area contributed by atoms with E-state index in [-0.39, 0.29) is 17.6 Å². The van der Waals surface area contributed by atoms with E-state index in [9.17, 15) is 5.11 Å². The van der Waals surface area contributed by atoms with Gasteiger partial charge in [-0.3, -0.25) is 0 Å². The Morgan fingerprint density at radius 3 is 2.50 bits per heavy atom. The number of aliphatic hydroxyl groups excluding tert-OH is 1. The van der Waals surface area contributed by atoms with Gasteiger partial charge in [-0.1, -0.05) is 39.0 Å². The monoisotopic (exact) mass is 322 g/mol. The quantitative estimate of drug-likeness (QED) is 0.777. The van der Waals surface area contributed by atoms with Gasteiger partial charge in [-0.2, -0.15) is 0 Å². The lowest BCUT2D eigenvalue weighted by Gasteiger charge is -2.37. The van der Waals surface area contributed by atoms with Crippen LogP contribution in [0.3, 0.4) is 0 Å². The summed E-state index contributed by atoms with van der Waals surface area (Å²) in [5, 5.41) is 19.7.